The number of esters is 1. The molecular weight excluding hydrogens is 442 g/mol. The summed E-state index contributed by atoms with van der Waals surface area (Å²) in [6.45, 7) is 3.10. The second kappa shape index (κ2) is 7.92. The minimum absolute atomic E-state index is 0.203. The zero-order valence-corrected chi connectivity index (χ0v) is 18.0. The molecule has 1 aromatic carbocycles. The molecule has 0 aliphatic carbocycles. The molecule has 3 amide bonds. The first-order chi connectivity index (χ1) is 13.9. The lowest BCUT2D eigenvalue weighted by Gasteiger charge is -2.43. The molecule has 3 fully saturated rings. The van der Waals surface area contributed by atoms with Crippen LogP contribution in [0.1, 0.15) is 13.3 Å². The molecule has 3 saturated heterocycles. The molecule has 3 aliphatic rings. The number of rotatable bonds is 4. The van der Waals surface area contributed by atoms with Crippen molar-refractivity contribution in [3.05, 3.63) is 28.7 Å². The third-order valence-corrected chi connectivity index (χ3v) is 6.15. The number of urea groups is 1. The molecule has 0 spiro atoms. The standard InChI is InChI=1S/C19H24BrN5O4/c1-3-29-14(26)11-25-17(27)15-16(22(2)19(25)28)21-18-23(9-4-10-24(15)18)13-7-5-12(20)6-8-13/h5-8,15-16,18,21H,3-4,9-11H2,1-2H3. The largest absolute Gasteiger partial charge is 0.465 e. The van der Waals surface area contributed by atoms with E-state index in [2.05, 4.69) is 31.0 Å². The van der Waals surface area contributed by atoms with E-state index in [-0.39, 0.29) is 25.3 Å². The Morgan fingerprint density at radius 3 is 2.66 bits per heavy atom. The van der Waals surface area contributed by atoms with Crippen molar-refractivity contribution in [1.82, 2.24) is 20.0 Å². The number of likely N-dealkylation sites (N-methyl/N-ethyl adjacent to an activating group) is 1. The Morgan fingerprint density at radius 1 is 1.24 bits per heavy atom. The summed E-state index contributed by atoms with van der Waals surface area (Å²) in [5, 5.41) is 3.45. The molecule has 156 valence electrons. The van der Waals surface area contributed by atoms with Gasteiger partial charge < -0.3 is 14.5 Å². The van der Waals surface area contributed by atoms with E-state index in [9.17, 15) is 14.4 Å². The molecule has 1 N–H and O–H groups in total. The van der Waals surface area contributed by atoms with Gasteiger partial charge in [-0.3, -0.25) is 24.7 Å². The number of hydrogen-bond acceptors (Lipinski definition) is 7. The van der Waals surface area contributed by atoms with Gasteiger partial charge in [-0.05, 0) is 37.6 Å². The fourth-order valence-corrected chi connectivity index (χ4v) is 4.56. The normalized spacial score (nSPS) is 27.1. The smallest absolute Gasteiger partial charge is 0.328 e. The molecule has 0 aromatic heterocycles. The van der Waals surface area contributed by atoms with E-state index < -0.39 is 24.2 Å². The highest BCUT2D eigenvalue weighted by atomic mass is 79.9. The number of hydrogen-bond donors (Lipinski definition) is 1. The number of anilines is 1. The lowest BCUT2D eigenvalue weighted by molar-refractivity contribution is -0.151. The van der Waals surface area contributed by atoms with E-state index in [0.29, 0.717) is 0 Å². The van der Waals surface area contributed by atoms with Crippen LogP contribution < -0.4 is 10.2 Å². The quantitative estimate of drug-likeness (QED) is 0.663. The molecular formula is C19H24BrN5O4. The van der Waals surface area contributed by atoms with Crippen LogP contribution in [0.4, 0.5) is 10.5 Å². The number of carbonyl (C=O) groups is 3. The van der Waals surface area contributed by atoms with Crippen molar-refractivity contribution in [2.45, 2.75) is 31.8 Å². The third kappa shape index (κ3) is 3.49. The SMILES string of the molecule is CCOC(=O)CN1C(=O)C2C(NC3N(c4ccc(Br)cc4)CCCN23)N(C)C1=O. The number of nitrogens with zero attached hydrogens (tertiary/aromatic N) is 4. The Morgan fingerprint density at radius 2 is 1.97 bits per heavy atom. The van der Waals surface area contributed by atoms with E-state index in [1.54, 1.807) is 14.0 Å². The second-order valence-electron chi connectivity index (χ2n) is 7.31. The van der Waals surface area contributed by atoms with Gasteiger partial charge in [-0.15, -0.1) is 0 Å². The van der Waals surface area contributed by atoms with Crippen LogP contribution in [0.15, 0.2) is 28.7 Å². The number of carbonyl (C=O) groups excluding carboxylic acids is 3. The van der Waals surface area contributed by atoms with Crippen molar-refractivity contribution in [2.24, 2.45) is 0 Å². The molecule has 1 aromatic rings. The lowest BCUT2D eigenvalue weighted by Crippen LogP contribution is -2.67. The summed E-state index contributed by atoms with van der Waals surface area (Å²) in [5.74, 6) is -0.947. The van der Waals surface area contributed by atoms with Crippen LogP contribution in [0.5, 0.6) is 0 Å². The number of fused-ring (bicyclic) bond motifs is 3. The van der Waals surface area contributed by atoms with Crippen molar-refractivity contribution in [3.8, 4) is 0 Å². The summed E-state index contributed by atoms with van der Waals surface area (Å²) < 4.78 is 5.93. The zero-order chi connectivity index (χ0) is 20.7. The van der Waals surface area contributed by atoms with Gasteiger partial charge in [0.25, 0.3) is 5.91 Å². The molecule has 3 atom stereocenters. The minimum atomic E-state index is -0.585. The molecule has 3 aliphatic heterocycles. The van der Waals surface area contributed by atoms with Gasteiger partial charge in [0.2, 0.25) is 0 Å². The molecule has 9 nitrogen and oxygen atoms in total. The van der Waals surface area contributed by atoms with Crippen molar-refractivity contribution in [1.29, 1.82) is 0 Å². The van der Waals surface area contributed by atoms with Crippen LogP contribution in [-0.2, 0) is 14.3 Å². The van der Waals surface area contributed by atoms with Crippen LogP contribution in [0.25, 0.3) is 0 Å². The van der Waals surface area contributed by atoms with Gasteiger partial charge in [0.05, 0.1) is 6.61 Å². The monoisotopic (exact) mass is 465 g/mol. The van der Waals surface area contributed by atoms with Crippen molar-refractivity contribution < 1.29 is 19.1 Å². The van der Waals surface area contributed by atoms with Gasteiger partial charge in [-0.2, -0.15) is 0 Å². The minimum Gasteiger partial charge on any atom is -0.465 e. The van der Waals surface area contributed by atoms with Crippen molar-refractivity contribution >= 4 is 39.5 Å². The first-order valence-electron chi connectivity index (χ1n) is 9.70. The maximum Gasteiger partial charge on any atom is 0.328 e. The van der Waals surface area contributed by atoms with E-state index in [4.69, 9.17) is 4.74 Å². The fraction of sp³-hybridized carbons (Fsp3) is 0.526. The van der Waals surface area contributed by atoms with Gasteiger partial charge in [0.15, 0.2) is 0 Å². The maximum absolute atomic E-state index is 13.2. The molecule has 3 unspecified atom stereocenters. The molecule has 0 bridgehead atoms. The summed E-state index contributed by atoms with van der Waals surface area (Å²) in [7, 11) is 1.65. The molecule has 10 heteroatoms. The van der Waals surface area contributed by atoms with Crippen LogP contribution >= 0.6 is 15.9 Å². The average Bonchev–Trinajstić information content (AvgIpc) is 3.10. The third-order valence-electron chi connectivity index (χ3n) is 5.62. The molecule has 29 heavy (non-hydrogen) atoms. The van der Waals surface area contributed by atoms with Gasteiger partial charge in [-0.25, -0.2) is 4.79 Å². The molecule has 4 rings (SSSR count). The lowest BCUT2D eigenvalue weighted by atomic mass is 10.1. The van der Waals surface area contributed by atoms with Crippen LogP contribution in [0.2, 0.25) is 0 Å². The number of benzene rings is 1. The Hall–Kier alpha value is -2.17. The highest BCUT2D eigenvalue weighted by Gasteiger charge is 2.56. The summed E-state index contributed by atoms with van der Waals surface area (Å²) in [5.41, 5.74) is 1.04. The first-order valence-corrected chi connectivity index (χ1v) is 10.5. The predicted molar refractivity (Wildman–Crippen MR) is 109 cm³/mol. The topological polar surface area (TPSA) is 85.4 Å². The number of halogens is 1. The Kier molecular flexibility index (Phi) is 5.50. The van der Waals surface area contributed by atoms with E-state index >= 15 is 0 Å². The predicted octanol–water partition coefficient (Wildman–Crippen LogP) is 1.000. The first kappa shape index (κ1) is 20.1. The summed E-state index contributed by atoms with van der Waals surface area (Å²) >= 11 is 3.46. The molecule has 3 heterocycles. The number of ether oxygens (including phenoxy) is 1. The number of imide groups is 1. The van der Waals surface area contributed by atoms with E-state index in [1.165, 1.54) is 4.90 Å². The fourth-order valence-electron chi connectivity index (χ4n) is 4.30. The van der Waals surface area contributed by atoms with Gasteiger partial charge >= 0.3 is 12.0 Å². The van der Waals surface area contributed by atoms with Gasteiger partial charge in [0, 0.05) is 30.3 Å². The maximum atomic E-state index is 13.2. The summed E-state index contributed by atoms with van der Waals surface area (Å²) in [4.78, 5) is 44.7. The van der Waals surface area contributed by atoms with Crippen LogP contribution in [-0.4, -0.2) is 84.4 Å². The Bertz CT molecular complexity index is 819. The zero-order valence-electron chi connectivity index (χ0n) is 16.4. The number of nitrogens with one attached hydrogen (secondary N) is 1. The van der Waals surface area contributed by atoms with Crippen molar-refractivity contribution in [2.75, 3.05) is 38.2 Å². The summed E-state index contributed by atoms with van der Waals surface area (Å²) in [6, 6.07) is 6.99. The van der Waals surface area contributed by atoms with Crippen LogP contribution in [0, 0.1) is 0 Å². The van der Waals surface area contributed by atoms with Gasteiger partial charge in [-0.1, -0.05) is 15.9 Å². The van der Waals surface area contributed by atoms with E-state index in [0.717, 1.165) is 34.6 Å². The number of amides is 3. The van der Waals surface area contributed by atoms with Crippen molar-refractivity contribution in [3.63, 3.8) is 0 Å². The average molecular weight is 466 g/mol. The van der Waals surface area contributed by atoms with Crippen LogP contribution in [0.3, 0.4) is 0 Å². The second-order valence-corrected chi connectivity index (χ2v) is 8.23. The summed E-state index contributed by atoms with van der Waals surface area (Å²) in [6.07, 6.45) is 0.233. The molecule has 0 saturated carbocycles. The molecule has 0 radical (unpaired) electrons. The Balaban J connectivity index is 1.60. The Labute approximate surface area is 177 Å². The highest BCUT2D eigenvalue weighted by Crippen LogP contribution is 2.33. The van der Waals surface area contributed by atoms with Gasteiger partial charge in [0.1, 0.15) is 25.0 Å². The highest BCUT2D eigenvalue weighted by molar-refractivity contribution is 9.10. The van der Waals surface area contributed by atoms with E-state index in [1.807, 2.05) is 24.3 Å².